The lowest BCUT2D eigenvalue weighted by Gasteiger charge is -1.99. The molecule has 0 aromatic rings. The molecule has 2 heteroatoms. The second kappa shape index (κ2) is 4.87. The average Bonchev–Trinajstić information content (AvgIpc) is 1.87. The van der Waals surface area contributed by atoms with Crippen molar-refractivity contribution < 1.29 is 9.90 Å². The smallest absolute Gasteiger partial charge is 0.303 e. The number of carbonyl (C=O) groups is 1. The van der Waals surface area contributed by atoms with Crippen LogP contribution in [0.25, 0.3) is 0 Å². The zero-order valence-corrected chi connectivity index (χ0v) is 6.13. The molecule has 0 radical (unpaired) electrons. The molecule has 0 heterocycles. The van der Waals surface area contributed by atoms with Gasteiger partial charge in [0.25, 0.3) is 0 Å². The van der Waals surface area contributed by atoms with Crippen molar-refractivity contribution >= 4 is 5.97 Å². The maximum Gasteiger partial charge on any atom is 0.303 e. The van der Waals surface area contributed by atoms with Gasteiger partial charge in [-0.3, -0.25) is 4.79 Å². The monoisotopic (exact) mass is 140 g/mol. The number of carboxylic acid groups (broad SMARTS) is 1. The molecule has 1 unspecified atom stereocenters. The SMILES string of the molecule is C#CC(C)CCCC(=O)O. The number of carboxylic acids is 1. The molecular formula is C8H12O2. The minimum absolute atomic E-state index is 0.208. The van der Waals surface area contributed by atoms with Crippen LogP contribution in [0.15, 0.2) is 0 Å². The highest BCUT2D eigenvalue weighted by Gasteiger charge is 1.99. The zero-order chi connectivity index (χ0) is 7.98. The Kier molecular flexibility index (Phi) is 4.39. The molecule has 2 nitrogen and oxygen atoms in total. The Morgan fingerprint density at radius 1 is 1.80 bits per heavy atom. The Morgan fingerprint density at radius 2 is 2.40 bits per heavy atom. The van der Waals surface area contributed by atoms with Crippen LogP contribution in [0, 0.1) is 18.3 Å². The van der Waals surface area contributed by atoms with E-state index in [1.807, 2.05) is 6.92 Å². The van der Waals surface area contributed by atoms with E-state index < -0.39 is 5.97 Å². The summed E-state index contributed by atoms with van der Waals surface area (Å²) in [5.41, 5.74) is 0. The molecular weight excluding hydrogens is 128 g/mol. The van der Waals surface area contributed by atoms with E-state index in [1.54, 1.807) is 0 Å². The van der Waals surface area contributed by atoms with Crippen molar-refractivity contribution in [3.05, 3.63) is 0 Å². The van der Waals surface area contributed by atoms with Crippen molar-refractivity contribution in [2.75, 3.05) is 0 Å². The Labute approximate surface area is 61.2 Å². The van der Waals surface area contributed by atoms with Crippen LogP contribution in [0.5, 0.6) is 0 Å². The maximum absolute atomic E-state index is 10.0. The molecule has 1 atom stereocenters. The van der Waals surface area contributed by atoms with Crippen molar-refractivity contribution in [1.82, 2.24) is 0 Å². The summed E-state index contributed by atoms with van der Waals surface area (Å²) < 4.78 is 0. The fraction of sp³-hybridized carbons (Fsp3) is 0.625. The fourth-order valence-corrected chi connectivity index (χ4v) is 0.643. The number of hydrogen-bond acceptors (Lipinski definition) is 1. The van der Waals surface area contributed by atoms with E-state index in [0.29, 0.717) is 6.42 Å². The van der Waals surface area contributed by atoms with Gasteiger partial charge in [0.05, 0.1) is 0 Å². The number of aliphatic carboxylic acids is 1. The van der Waals surface area contributed by atoms with Gasteiger partial charge >= 0.3 is 5.97 Å². The van der Waals surface area contributed by atoms with Crippen molar-refractivity contribution in [3.8, 4) is 12.3 Å². The van der Waals surface area contributed by atoms with E-state index in [0.717, 1.165) is 6.42 Å². The quantitative estimate of drug-likeness (QED) is 0.601. The molecule has 0 aromatic carbocycles. The van der Waals surface area contributed by atoms with Gasteiger partial charge in [-0.1, -0.05) is 6.92 Å². The predicted octanol–water partition coefficient (Wildman–Crippen LogP) is 1.51. The van der Waals surface area contributed by atoms with Gasteiger partial charge < -0.3 is 5.11 Å². The first-order valence-electron chi connectivity index (χ1n) is 3.34. The Bertz CT molecular complexity index is 144. The zero-order valence-electron chi connectivity index (χ0n) is 6.13. The number of hydrogen-bond donors (Lipinski definition) is 1. The molecule has 0 amide bonds. The van der Waals surface area contributed by atoms with Crippen LogP contribution >= 0.6 is 0 Å². The minimum Gasteiger partial charge on any atom is -0.481 e. The highest BCUT2D eigenvalue weighted by atomic mass is 16.4. The maximum atomic E-state index is 10.0. The highest BCUT2D eigenvalue weighted by Crippen LogP contribution is 2.05. The average molecular weight is 140 g/mol. The van der Waals surface area contributed by atoms with Crippen LogP contribution < -0.4 is 0 Å². The second-order valence-corrected chi connectivity index (χ2v) is 2.35. The molecule has 0 spiro atoms. The van der Waals surface area contributed by atoms with E-state index >= 15 is 0 Å². The van der Waals surface area contributed by atoms with E-state index in [2.05, 4.69) is 5.92 Å². The van der Waals surface area contributed by atoms with Crippen LogP contribution in [0.4, 0.5) is 0 Å². The first-order valence-corrected chi connectivity index (χ1v) is 3.34. The van der Waals surface area contributed by atoms with E-state index in [-0.39, 0.29) is 12.3 Å². The molecule has 0 aliphatic heterocycles. The lowest BCUT2D eigenvalue weighted by Crippen LogP contribution is -1.96. The highest BCUT2D eigenvalue weighted by molar-refractivity contribution is 5.66. The molecule has 0 aromatic heterocycles. The van der Waals surface area contributed by atoms with E-state index in [9.17, 15) is 4.79 Å². The van der Waals surface area contributed by atoms with Gasteiger partial charge in [0.1, 0.15) is 0 Å². The topological polar surface area (TPSA) is 37.3 Å². The third kappa shape index (κ3) is 5.17. The third-order valence-corrected chi connectivity index (χ3v) is 1.31. The van der Waals surface area contributed by atoms with Crippen LogP contribution in [0.1, 0.15) is 26.2 Å². The van der Waals surface area contributed by atoms with Crippen molar-refractivity contribution in [1.29, 1.82) is 0 Å². The van der Waals surface area contributed by atoms with Gasteiger partial charge in [-0.05, 0) is 12.8 Å². The second-order valence-electron chi connectivity index (χ2n) is 2.35. The van der Waals surface area contributed by atoms with Gasteiger partial charge in [0.2, 0.25) is 0 Å². The molecule has 1 N–H and O–H groups in total. The molecule has 0 aliphatic rings. The van der Waals surface area contributed by atoms with Crippen LogP contribution in [-0.2, 0) is 4.79 Å². The summed E-state index contributed by atoms with van der Waals surface area (Å²) >= 11 is 0. The van der Waals surface area contributed by atoms with Gasteiger partial charge in [0.15, 0.2) is 0 Å². The summed E-state index contributed by atoms with van der Waals surface area (Å²) in [4.78, 5) is 10.0. The summed E-state index contributed by atoms with van der Waals surface area (Å²) in [5, 5.41) is 8.25. The summed E-state index contributed by atoms with van der Waals surface area (Å²) in [5.74, 6) is 2.01. The number of terminal acetylenes is 1. The van der Waals surface area contributed by atoms with Gasteiger partial charge in [-0.25, -0.2) is 0 Å². The molecule has 0 aliphatic carbocycles. The first-order chi connectivity index (χ1) is 4.66. The van der Waals surface area contributed by atoms with Crippen LogP contribution in [0.3, 0.4) is 0 Å². The van der Waals surface area contributed by atoms with Gasteiger partial charge in [-0.2, -0.15) is 0 Å². The largest absolute Gasteiger partial charge is 0.481 e. The Balaban J connectivity index is 3.22. The summed E-state index contributed by atoms with van der Waals surface area (Å²) in [7, 11) is 0. The van der Waals surface area contributed by atoms with E-state index in [4.69, 9.17) is 11.5 Å². The minimum atomic E-state index is -0.746. The van der Waals surface area contributed by atoms with Crippen LogP contribution in [-0.4, -0.2) is 11.1 Å². The Morgan fingerprint density at radius 3 is 2.80 bits per heavy atom. The normalized spacial score (nSPS) is 12.0. The molecule has 0 saturated carbocycles. The van der Waals surface area contributed by atoms with Crippen molar-refractivity contribution in [3.63, 3.8) is 0 Å². The third-order valence-electron chi connectivity index (χ3n) is 1.31. The summed E-state index contributed by atoms with van der Waals surface area (Å²) in [6.45, 7) is 1.92. The van der Waals surface area contributed by atoms with Gasteiger partial charge in [0, 0.05) is 12.3 Å². The molecule has 0 bridgehead atoms. The number of rotatable bonds is 4. The van der Waals surface area contributed by atoms with Crippen LogP contribution in [0.2, 0.25) is 0 Å². The molecule has 0 saturated heterocycles. The fourth-order valence-electron chi connectivity index (χ4n) is 0.643. The standard InChI is InChI=1S/C8H12O2/c1-3-7(2)5-4-6-8(9)10/h1,7H,4-6H2,2H3,(H,9,10). The molecule has 0 fully saturated rings. The van der Waals surface area contributed by atoms with Gasteiger partial charge in [-0.15, -0.1) is 12.3 Å². The first kappa shape index (κ1) is 9.03. The molecule has 56 valence electrons. The Hall–Kier alpha value is -0.970. The lowest BCUT2D eigenvalue weighted by molar-refractivity contribution is -0.137. The summed E-state index contributed by atoms with van der Waals surface area (Å²) in [6, 6.07) is 0. The predicted molar refractivity (Wildman–Crippen MR) is 39.5 cm³/mol. The van der Waals surface area contributed by atoms with Crippen molar-refractivity contribution in [2.45, 2.75) is 26.2 Å². The van der Waals surface area contributed by atoms with E-state index in [1.165, 1.54) is 0 Å². The molecule has 10 heavy (non-hydrogen) atoms. The summed E-state index contributed by atoms with van der Waals surface area (Å²) in [6.07, 6.45) is 6.81. The van der Waals surface area contributed by atoms with Crippen molar-refractivity contribution in [2.24, 2.45) is 5.92 Å². The molecule has 0 rings (SSSR count). The lowest BCUT2D eigenvalue weighted by atomic mass is 10.1.